The molecule has 2 aromatic rings. The molecule has 0 radical (unpaired) electrons. The van der Waals surface area contributed by atoms with Gasteiger partial charge in [0.2, 0.25) is 0 Å². The summed E-state index contributed by atoms with van der Waals surface area (Å²) in [6.07, 6.45) is 1.85. The monoisotopic (exact) mass is 417 g/mol. The number of benzene rings is 2. The molecule has 0 fully saturated rings. The van der Waals surface area contributed by atoms with Crippen molar-refractivity contribution >= 4 is 16.2 Å². The van der Waals surface area contributed by atoms with Gasteiger partial charge in [0.25, 0.3) is 0 Å². The number of aromatic hydroxyl groups is 1. The fourth-order valence-electron chi connectivity index (χ4n) is 1.56. The molecule has 0 aliphatic rings. The molecule has 2 aromatic carbocycles. The number of phenolic OH excluding ortho intramolecular Hbond substituents is 1. The second-order valence-corrected chi connectivity index (χ2v) is 8.06. The SMILES string of the molecule is O=S(=O)(Cc1ccc(O)cc1)O[I-]C=Cc1ccccc1. The van der Waals surface area contributed by atoms with Crippen LogP contribution in [0.15, 0.2) is 58.7 Å². The fraction of sp³-hybridized carbons (Fsp3) is 0.0667. The zero-order valence-electron chi connectivity index (χ0n) is 11.0. The molecule has 0 amide bonds. The number of hydrogen-bond donors (Lipinski definition) is 1. The van der Waals surface area contributed by atoms with Gasteiger partial charge in [0.05, 0.1) is 0 Å². The van der Waals surface area contributed by atoms with Gasteiger partial charge >= 0.3 is 135 Å². The van der Waals surface area contributed by atoms with Crippen molar-refractivity contribution in [1.29, 1.82) is 0 Å². The Morgan fingerprint density at radius 3 is 2.38 bits per heavy atom. The zero-order valence-corrected chi connectivity index (χ0v) is 14.0. The summed E-state index contributed by atoms with van der Waals surface area (Å²) in [7, 11) is -3.59. The fourth-order valence-corrected chi connectivity index (χ4v) is 4.61. The van der Waals surface area contributed by atoms with Gasteiger partial charge in [-0.2, -0.15) is 0 Å². The van der Waals surface area contributed by atoms with Crippen molar-refractivity contribution in [2.75, 3.05) is 0 Å². The summed E-state index contributed by atoms with van der Waals surface area (Å²) in [6.45, 7) is 0. The first kappa shape index (κ1) is 16.0. The second-order valence-electron chi connectivity index (χ2n) is 4.22. The predicted molar refractivity (Wildman–Crippen MR) is 77.3 cm³/mol. The molecular formula is C15H14IO4S-. The van der Waals surface area contributed by atoms with E-state index in [-0.39, 0.29) is 11.5 Å². The van der Waals surface area contributed by atoms with Crippen molar-refractivity contribution in [2.24, 2.45) is 0 Å². The van der Waals surface area contributed by atoms with Crippen molar-refractivity contribution in [3.8, 4) is 5.75 Å². The van der Waals surface area contributed by atoms with Crippen molar-refractivity contribution in [1.82, 2.24) is 0 Å². The van der Waals surface area contributed by atoms with Crippen LogP contribution in [-0.2, 0) is 18.4 Å². The molecule has 0 bridgehead atoms. The average molecular weight is 417 g/mol. The Labute approximate surface area is 135 Å². The molecule has 0 saturated carbocycles. The molecule has 0 unspecified atom stereocenters. The van der Waals surface area contributed by atoms with Crippen LogP contribution in [-0.4, -0.2) is 13.5 Å². The van der Waals surface area contributed by atoms with Crippen molar-refractivity contribution in [3.05, 3.63) is 69.8 Å². The molecule has 0 aliphatic carbocycles. The number of hydrogen-bond acceptors (Lipinski definition) is 4. The first-order valence-electron chi connectivity index (χ1n) is 6.09. The molecule has 6 heteroatoms. The first-order chi connectivity index (χ1) is 10.1. The summed E-state index contributed by atoms with van der Waals surface area (Å²) in [5.41, 5.74) is 1.60. The van der Waals surface area contributed by atoms with E-state index in [2.05, 4.69) is 0 Å². The Kier molecular flexibility index (Phi) is 5.77. The predicted octanol–water partition coefficient (Wildman–Crippen LogP) is -0.0865. The van der Waals surface area contributed by atoms with Crippen LogP contribution in [0.2, 0.25) is 0 Å². The van der Waals surface area contributed by atoms with Gasteiger partial charge in [-0.1, -0.05) is 0 Å². The van der Waals surface area contributed by atoms with E-state index in [4.69, 9.17) is 7.62 Å². The number of phenols is 1. The van der Waals surface area contributed by atoms with Gasteiger partial charge in [-0.3, -0.25) is 0 Å². The van der Waals surface area contributed by atoms with Crippen LogP contribution in [0.4, 0.5) is 0 Å². The molecule has 0 heterocycles. The minimum absolute atomic E-state index is 0.107. The van der Waals surface area contributed by atoms with Crippen LogP contribution in [0.3, 0.4) is 0 Å². The second kappa shape index (κ2) is 7.58. The zero-order chi connectivity index (χ0) is 15.1. The number of rotatable bonds is 6. The van der Waals surface area contributed by atoms with E-state index in [1.54, 1.807) is 16.2 Å². The van der Waals surface area contributed by atoms with Gasteiger partial charge in [-0.15, -0.1) is 0 Å². The summed E-state index contributed by atoms with van der Waals surface area (Å²) in [5.74, 6) is -0.0816. The maximum atomic E-state index is 11.8. The van der Waals surface area contributed by atoms with E-state index >= 15 is 0 Å². The Hall–Kier alpha value is -1.38. The van der Waals surface area contributed by atoms with Crippen LogP contribution in [0.1, 0.15) is 11.1 Å². The topological polar surface area (TPSA) is 63.6 Å². The number of halogens is 1. The standard InChI is InChI=1S/C15H14IO4S/c17-15-8-6-14(7-9-15)12-21(18,19)20-16-11-10-13-4-2-1-3-5-13/h1-11,17H,12H2/q-1. The minimum atomic E-state index is -3.59. The third kappa shape index (κ3) is 5.86. The van der Waals surface area contributed by atoms with Gasteiger partial charge in [0, 0.05) is 0 Å². The van der Waals surface area contributed by atoms with Crippen LogP contribution in [0.5, 0.6) is 5.75 Å². The Balaban J connectivity index is 1.87. The van der Waals surface area contributed by atoms with Crippen LogP contribution in [0.25, 0.3) is 6.08 Å². The third-order valence-corrected chi connectivity index (χ3v) is 6.39. The van der Waals surface area contributed by atoms with Gasteiger partial charge in [-0.05, 0) is 0 Å². The van der Waals surface area contributed by atoms with Crippen molar-refractivity contribution in [3.63, 3.8) is 0 Å². The van der Waals surface area contributed by atoms with E-state index in [1.165, 1.54) is 12.1 Å². The Bertz CT molecular complexity index is 694. The summed E-state index contributed by atoms with van der Waals surface area (Å²) >= 11 is -1.01. The van der Waals surface area contributed by atoms with Crippen LogP contribution in [0, 0.1) is 0 Å². The molecule has 0 spiro atoms. The quantitative estimate of drug-likeness (QED) is 0.668. The summed E-state index contributed by atoms with van der Waals surface area (Å²) in [6, 6.07) is 15.7. The first-order valence-corrected chi connectivity index (χ1v) is 9.80. The summed E-state index contributed by atoms with van der Waals surface area (Å²) < 4.78 is 30.4. The van der Waals surface area contributed by atoms with E-state index < -0.39 is 31.7 Å². The van der Waals surface area contributed by atoms with E-state index in [1.807, 2.05) is 36.4 Å². The third-order valence-electron chi connectivity index (χ3n) is 2.52. The Morgan fingerprint density at radius 1 is 1.05 bits per heavy atom. The summed E-state index contributed by atoms with van der Waals surface area (Å²) in [4.78, 5) is 0. The maximum absolute atomic E-state index is 11.8. The van der Waals surface area contributed by atoms with Crippen molar-refractivity contribution in [2.45, 2.75) is 5.75 Å². The van der Waals surface area contributed by atoms with Gasteiger partial charge in [0.15, 0.2) is 0 Å². The van der Waals surface area contributed by atoms with Crippen LogP contribution < -0.4 is 21.6 Å². The van der Waals surface area contributed by atoms with E-state index in [9.17, 15) is 8.42 Å². The van der Waals surface area contributed by atoms with Gasteiger partial charge in [-0.25, -0.2) is 0 Å². The molecule has 1 N–H and O–H groups in total. The average Bonchev–Trinajstić information content (AvgIpc) is 2.47. The van der Waals surface area contributed by atoms with Crippen LogP contribution >= 0.6 is 0 Å². The van der Waals surface area contributed by atoms with Crippen molar-refractivity contribution < 1.29 is 37.7 Å². The van der Waals surface area contributed by atoms with E-state index in [0.717, 1.165) is 5.56 Å². The molecule has 0 aliphatic heterocycles. The molecule has 112 valence electrons. The normalized spacial score (nSPS) is 12.0. The molecule has 0 aromatic heterocycles. The molecule has 0 saturated heterocycles. The molecular weight excluding hydrogens is 403 g/mol. The van der Waals surface area contributed by atoms with Gasteiger partial charge in [0.1, 0.15) is 0 Å². The van der Waals surface area contributed by atoms with Gasteiger partial charge < -0.3 is 0 Å². The Morgan fingerprint density at radius 2 is 1.71 bits per heavy atom. The van der Waals surface area contributed by atoms with E-state index in [0.29, 0.717) is 5.56 Å². The molecule has 21 heavy (non-hydrogen) atoms. The molecule has 2 rings (SSSR count). The molecule has 4 nitrogen and oxygen atoms in total. The summed E-state index contributed by atoms with van der Waals surface area (Å²) in [5, 5.41) is 9.15. The molecule has 0 atom stereocenters.